The average molecular weight is 330 g/mol. The van der Waals surface area contributed by atoms with Gasteiger partial charge in [0.2, 0.25) is 11.9 Å². The Morgan fingerprint density at radius 1 is 1.46 bits per heavy atom. The number of anilines is 1. The summed E-state index contributed by atoms with van der Waals surface area (Å²) >= 11 is 0. The summed E-state index contributed by atoms with van der Waals surface area (Å²) in [5.74, 6) is 0.925. The molecule has 0 bridgehead atoms. The second kappa shape index (κ2) is 7.21. The number of hydrogen-bond acceptors (Lipinski definition) is 4. The van der Waals surface area contributed by atoms with Crippen LogP contribution in [0, 0.1) is 5.92 Å². The Balaban J connectivity index is 1.78. The third kappa shape index (κ3) is 3.38. The fraction of sp³-hybridized carbons (Fsp3) is 0.556. The lowest BCUT2D eigenvalue weighted by molar-refractivity contribution is -0.125. The molecule has 2 aromatic rings. The first kappa shape index (κ1) is 16.8. The highest BCUT2D eigenvalue weighted by Crippen LogP contribution is 2.27. The summed E-state index contributed by atoms with van der Waals surface area (Å²) in [6.45, 7) is 6.55. The van der Waals surface area contributed by atoms with Crippen molar-refractivity contribution < 1.29 is 9.90 Å². The number of para-hydroxylation sites is 2. The Morgan fingerprint density at radius 3 is 3.00 bits per heavy atom. The Kier molecular flexibility index (Phi) is 5.04. The minimum atomic E-state index is -0.516. The van der Waals surface area contributed by atoms with Crippen LogP contribution in [0.5, 0.6) is 0 Å². The van der Waals surface area contributed by atoms with Crippen molar-refractivity contribution in [2.24, 2.45) is 5.92 Å². The molecule has 24 heavy (non-hydrogen) atoms. The van der Waals surface area contributed by atoms with E-state index in [0.717, 1.165) is 42.9 Å². The van der Waals surface area contributed by atoms with Crippen LogP contribution in [-0.4, -0.2) is 46.3 Å². The summed E-state index contributed by atoms with van der Waals surface area (Å²) in [6.07, 6.45) is 1.34. The third-order valence-electron chi connectivity index (χ3n) is 4.60. The largest absolute Gasteiger partial charge is 0.392 e. The molecule has 1 aromatic heterocycles. The number of aryl methyl sites for hydroxylation is 1. The molecule has 1 saturated heterocycles. The van der Waals surface area contributed by atoms with Crippen LogP contribution in [0.4, 0.5) is 5.95 Å². The van der Waals surface area contributed by atoms with Gasteiger partial charge in [0, 0.05) is 26.2 Å². The van der Waals surface area contributed by atoms with Gasteiger partial charge in [-0.1, -0.05) is 12.1 Å². The zero-order valence-corrected chi connectivity index (χ0v) is 14.4. The minimum Gasteiger partial charge on any atom is -0.392 e. The highest BCUT2D eigenvalue weighted by atomic mass is 16.3. The molecule has 1 aromatic carbocycles. The van der Waals surface area contributed by atoms with E-state index in [1.54, 1.807) is 6.92 Å². The topological polar surface area (TPSA) is 70.4 Å². The summed E-state index contributed by atoms with van der Waals surface area (Å²) in [5, 5.41) is 12.2. The molecule has 6 nitrogen and oxygen atoms in total. The Labute approximate surface area is 142 Å². The number of imidazole rings is 1. The van der Waals surface area contributed by atoms with Crippen molar-refractivity contribution in [2.45, 2.75) is 39.3 Å². The smallest absolute Gasteiger partial charge is 0.224 e. The number of piperidine rings is 1. The quantitative estimate of drug-likeness (QED) is 0.876. The van der Waals surface area contributed by atoms with Gasteiger partial charge in [0.05, 0.1) is 23.1 Å². The van der Waals surface area contributed by atoms with Crippen LogP contribution in [0.2, 0.25) is 0 Å². The van der Waals surface area contributed by atoms with Crippen LogP contribution in [-0.2, 0) is 11.3 Å². The molecule has 2 N–H and O–H groups in total. The van der Waals surface area contributed by atoms with Crippen LogP contribution in [0.15, 0.2) is 24.3 Å². The van der Waals surface area contributed by atoms with Crippen molar-refractivity contribution in [3.8, 4) is 0 Å². The van der Waals surface area contributed by atoms with Crippen molar-refractivity contribution in [2.75, 3.05) is 24.5 Å². The van der Waals surface area contributed by atoms with Gasteiger partial charge in [-0.2, -0.15) is 0 Å². The van der Waals surface area contributed by atoms with Gasteiger partial charge >= 0.3 is 0 Å². The molecule has 1 aliphatic heterocycles. The number of hydrogen-bond donors (Lipinski definition) is 2. The van der Waals surface area contributed by atoms with Crippen LogP contribution < -0.4 is 10.2 Å². The average Bonchev–Trinajstić information content (AvgIpc) is 2.98. The predicted octanol–water partition coefficient (Wildman–Crippen LogP) is 1.77. The molecule has 1 aliphatic rings. The fourth-order valence-corrected chi connectivity index (χ4v) is 3.38. The van der Waals surface area contributed by atoms with Gasteiger partial charge < -0.3 is 19.9 Å². The normalized spacial score (nSPS) is 19.5. The van der Waals surface area contributed by atoms with Crippen molar-refractivity contribution in [3.63, 3.8) is 0 Å². The zero-order valence-electron chi connectivity index (χ0n) is 14.4. The van der Waals surface area contributed by atoms with Crippen molar-refractivity contribution in [1.82, 2.24) is 14.9 Å². The van der Waals surface area contributed by atoms with E-state index in [1.165, 1.54) is 0 Å². The van der Waals surface area contributed by atoms with Crippen LogP contribution >= 0.6 is 0 Å². The molecular formula is C18H26N4O2. The Bertz CT molecular complexity index is 710. The van der Waals surface area contributed by atoms with E-state index in [-0.39, 0.29) is 11.8 Å². The first-order chi connectivity index (χ1) is 11.6. The first-order valence-corrected chi connectivity index (χ1v) is 8.76. The molecule has 6 heteroatoms. The standard InChI is InChI=1S/C18H26N4O2/c1-3-22-16-9-5-4-8-15(16)20-18(22)21-10-6-7-14(12-21)17(24)19-11-13(2)23/h4-5,8-9,13-14,23H,3,6-7,10-12H2,1-2H3,(H,19,24)/t13-,14+/m0/s1. The van der Waals surface area contributed by atoms with Crippen LogP contribution in [0.3, 0.4) is 0 Å². The molecule has 0 radical (unpaired) electrons. The highest BCUT2D eigenvalue weighted by molar-refractivity contribution is 5.81. The molecule has 0 saturated carbocycles. The number of aliphatic hydroxyl groups is 1. The number of carbonyl (C=O) groups excluding carboxylic acids is 1. The summed E-state index contributed by atoms with van der Waals surface area (Å²) in [5.41, 5.74) is 2.13. The van der Waals surface area contributed by atoms with Gasteiger partial charge in [0.1, 0.15) is 0 Å². The summed E-state index contributed by atoms with van der Waals surface area (Å²) < 4.78 is 2.21. The maximum absolute atomic E-state index is 12.3. The Morgan fingerprint density at radius 2 is 2.25 bits per heavy atom. The number of rotatable bonds is 5. The molecule has 2 heterocycles. The lowest BCUT2D eigenvalue weighted by Crippen LogP contribution is -2.45. The molecule has 0 aliphatic carbocycles. The zero-order chi connectivity index (χ0) is 17.1. The summed E-state index contributed by atoms with van der Waals surface area (Å²) in [4.78, 5) is 19.3. The van der Waals surface area contributed by atoms with Gasteiger partial charge in [0.15, 0.2) is 0 Å². The maximum Gasteiger partial charge on any atom is 0.224 e. The minimum absolute atomic E-state index is 0.0276. The van der Waals surface area contributed by atoms with E-state index in [4.69, 9.17) is 4.98 Å². The van der Waals surface area contributed by atoms with E-state index in [9.17, 15) is 9.90 Å². The number of amides is 1. The van der Waals surface area contributed by atoms with Gasteiger partial charge in [-0.25, -0.2) is 4.98 Å². The van der Waals surface area contributed by atoms with E-state index in [0.29, 0.717) is 13.1 Å². The molecule has 1 fully saturated rings. The van der Waals surface area contributed by atoms with Crippen molar-refractivity contribution in [3.05, 3.63) is 24.3 Å². The van der Waals surface area contributed by atoms with Gasteiger partial charge in [-0.3, -0.25) is 4.79 Å². The fourth-order valence-electron chi connectivity index (χ4n) is 3.38. The lowest BCUT2D eigenvalue weighted by Gasteiger charge is -2.33. The van der Waals surface area contributed by atoms with E-state index >= 15 is 0 Å². The maximum atomic E-state index is 12.3. The third-order valence-corrected chi connectivity index (χ3v) is 4.60. The number of nitrogens with zero attached hydrogens (tertiary/aromatic N) is 3. The van der Waals surface area contributed by atoms with Crippen LogP contribution in [0.25, 0.3) is 11.0 Å². The second-order valence-electron chi connectivity index (χ2n) is 6.52. The predicted molar refractivity (Wildman–Crippen MR) is 95.0 cm³/mol. The van der Waals surface area contributed by atoms with Gasteiger partial charge in [-0.15, -0.1) is 0 Å². The number of nitrogens with one attached hydrogen (secondary N) is 1. The monoisotopic (exact) mass is 330 g/mol. The lowest BCUT2D eigenvalue weighted by atomic mass is 9.97. The molecule has 0 unspecified atom stereocenters. The summed E-state index contributed by atoms with van der Waals surface area (Å²) in [7, 11) is 0. The Hall–Kier alpha value is -2.08. The molecule has 1 amide bonds. The molecule has 2 atom stereocenters. The molecular weight excluding hydrogens is 304 g/mol. The number of aliphatic hydroxyl groups excluding tert-OH is 1. The van der Waals surface area contributed by atoms with Crippen molar-refractivity contribution >= 4 is 22.9 Å². The number of carbonyl (C=O) groups is 1. The number of benzene rings is 1. The first-order valence-electron chi connectivity index (χ1n) is 8.76. The number of aromatic nitrogens is 2. The van der Waals surface area contributed by atoms with Crippen LogP contribution in [0.1, 0.15) is 26.7 Å². The summed E-state index contributed by atoms with van der Waals surface area (Å²) in [6, 6.07) is 8.15. The molecule has 3 rings (SSSR count). The van der Waals surface area contributed by atoms with E-state index in [2.05, 4.69) is 27.8 Å². The van der Waals surface area contributed by atoms with E-state index in [1.807, 2.05) is 18.2 Å². The highest BCUT2D eigenvalue weighted by Gasteiger charge is 2.28. The van der Waals surface area contributed by atoms with Gasteiger partial charge in [0.25, 0.3) is 0 Å². The number of fused-ring (bicyclic) bond motifs is 1. The molecule has 0 spiro atoms. The van der Waals surface area contributed by atoms with E-state index < -0.39 is 6.10 Å². The van der Waals surface area contributed by atoms with Gasteiger partial charge in [-0.05, 0) is 38.8 Å². The van der Waals surface area contributed by atoms with Crippen molar-refractivity contribution in [1.29, 1.82) is 0 Å². The SMILES string of the molecule is CCn1c(N2CCC[C@@H](C(=O)NC[C@H](C)O)C2)nc2ccccc21. The molecule has 130 valence electrons. The second-order valence-corrected chi connectivity index (χ2v) is 6.52.